The number of nitrogens with zero attached hydrogens (tertiary/aromatic N) is 2. The van der Waals surface area contributed by atoms with Crippen molar-refractivity contribution < 1.29 is 46.5 Å². The van der Waals surface area contributed by atoms with Gasteiger partial charge in [0.05, 0.1) is 11.9 Å². The van der Waals surface area contributed by atoms with Crippen molar-refractivity contribution in [2.75, 3.05) is 0 Å². The Morgan fingerprint density at radius 2 is 1.19 bits per heavy atom. The molecule has 0 bridgehead atoms. The monoisotopic (exact) mass is 334 g/mol. The Bertz CT molecular complexity index is 579. The van der Waals surface area contributed by atoms with Gasteiger partial charge in [0.15, 0.2) is 0 Å². The molecule has 2 aromatic rings. The molecule has 0 aliphatic rings. The van der Waals surface area contributed by atoms with Crippen LogP contribution in [0.5, 0.6) is 11.8 Å². The maximum absolute atomic E-state index is 10.1. The second-order valence-corrected chi connectivity index (χ2v) is 3.38. The summed E-state index contributed by atoms with van der Waals surface area (Å²) in [5.74, 6) is -3.28. The van der Waals surface area contributed by atoms with Crippen molar-refractivity contribution in [2.45, 2.75) is 0 Å². The summed E-state index contributed by atoms with van der Waals surface area (Å²) in [7, 11) is 0. The van der Waals surface area contributed by atoms with Crippen LogP contribution in [0.1, 0.15) is 20.7 Å². The maximum Gasteiger partial charge on any atom is 2.00 e. The molecule has 8 nitrogen and oxygen atoms in total. The molecule has 0 fully saturated rings. The van der Waals surface area contributed by atoms with E-state index in [9.17, 15) is 19.8 Å². The van der Waals surface area contributed by atoms with Gasteiger partial charge in [0.1, 0.15) is 0 Å². The van der Waals surface area contributed by atoms with Gasteiger partial charge in [-0.25, -0.2) is 9.97 Å². The Balaban J connectivity index is 0.000000364. The van der Waals surface area contributed by atoms with Gasteiger partial charge in [-0.3, -0.25) is 0 Å². The molecule has 0 aromatic carbocycles. The molecule has 0 aliphatic carbocycles. The number of pyridine rings is 2. The molecule has 112 valence electrons. The van der Waals surface area contributed by atoms with Crippen LogP contribution < -0.4 is 10.2 Å². The Morgan fingerprint density at radius 3 is 1.38 bits per heavy atom. The number of carbonyl (C=O) groups is 2. The Morgan fingerprint density at radius 1 is 0.857 bits per heavy atom. The molecule has 2 aromatic heterocycles. The first-order valence-corrected chi connectivity index (χ1v) is 5.13. The first-order chi connectivity index (χ1) is 9.40. The van der Waals surface area contributed by atoms with E-state index in [1.54, 1.807) is 0 Å². The van der Waals surface area contributed by atoms with Crippen LogP contribution in [-0.4, -0.2) is 32.1 Å². The van der Waals surface area contributed by atoms with Crippen LogP contribution in [0.3, 0.4) is 0 Å². The summed E-state index contributed by atoms with van der Waals surface area (Å²) in [5, 5.41) is 37.5. The van der Waals surface area contributed by atoms with Gasteiger partial charge in [-0.2, -0.15) is 0 Å². The standard InChI is InChI=1S/2C6H5NO3.Ni/c2*8-5-3-4(6(9)10)1-2-7-5;/h2*1-3H,(H,7,8)(H,9,10);/q;;+2/p-2. The average molecular weight is 335 g/mol. The van der Waals surface area contributed by atoms with E-state index in [2.05, 4.69) is 9.97 Å². The Labute approximate surface area is 128 Å². The molecular weight excluding hydrogens is 327 g/mol. The molecule has 0 spiro atoms. The number of aromatic hydroxyl groups is 2. The minimum Gasteiger partial charge on any atom is -0.545 e. The predicted molar refractivity (Wildman–Crippen MR) is 60.5 cm³/mol. The normalized spacial score (nSPS) is 8.76. The van der Waals surface area contributed by atoms with Crippen LogP contribution in [0.25, 0.3) is 0 Å². The van der Waals surface area contributed by atoms with Gasteiger partial charge in [0.25, 0.3) is 0 Å². The van der Waals surface area contributed by atoms with E-state index in [0.29, 0.717) is 0 Å². The van der Waals surface area contributed by atoms with Gasteiger partial charge in [0, 0.05) is 35.7 Å². The summed E-state index contributed by atoms with van der Waals surface area (Å²) < 4.78 is 0. The third-order valence-corrected chi connectivity index (χ3v) is 1.96. The van der Waals surface area contributed by atoms with Crippen LogP contribution in [-0.2, 0) is 16.5 Å². The molecule has 9 heteroatoms. The minimum absolute atomic E-state index is 0. The van der Waals surface area contributed by atoms with Crippen LogP contribution >= 0.6 is 0 Å². The SMILES string of the molecule is O=C([O-])c1ccnc(O)c1.O=C([O-])c1ccnc(O)c1.[Ni+2]. The van der Waals surface area contributed by atoms with Crippen LogP contribution in [0.15, 0.2) is 36.7 Å². The Kier molecular flexibility index (Phi) is 7.42. The number of carboxylic acid groups (broad SMARTS) is 2. The van der Waals surface area contributed by atoms with E-state index < -0.39 is 11.9 Å². The van der Waals surface area contributed by atoms with E-state index in [-0.39, 0.29) is 39.4 Å². The number of aromatic carboxylic acids is 2. The van der Waals surface area contributed by atoms with Crippen molar-refractivity contribution in [1.82, 2.24) is 9.97 Å². The molecule has 0 aliphatic heterocycles. The number of carboxylic acids is 2. The predicted octanol–water partition coefficient (Wildman–Crippen LogP) is -1.70. The van der Waals surface area contributed by atoms with Crippen molar-refractivity contribution in [3.05, 3.63) is 47.8 Å². The molecule has 0 atom stereocenters. The molecule has 0 amide bonds. The molecule has 0 saturated carbocycles. The summed E-state index contributed by atoms with van der Waals surface area (Å²) >= 11 is 0. The van der Waals surface area contributed by atoms with Crippen LogP contribution in [0.2, 0.25) is 0 Å². The van der Waals surface area contributed by atoms with Gasteiger partial charge < -0.3 is 30.0 Å². The van der Waals surface area contributed by atoms with E-state index >= 15 is 0 Å². The zero-order valence-electron chi connectivity index (χ0n) is 10.2. The minimum atomic E-state index is -1.32. The molecule has 2 heterocycles. The second-order valence-electron chi connectivity index (χ2n) is 3.38. The summed E-state index contributed by atoms with van der Waals surface area (Å²) in [6, 6.07) is 4.54. The van der Waals surface area contributed by atoms with Crippen molar-refractivity contribution in [2.24, 2.45) is 0 Å². The number of hydrogen-bond donors (Lipinski definition) is 2. The topological polar surface area (TPSA) is 146 Å². The molecule has 0 unspecified atom stereocenters. The molecule has 2 N–H and O–H groups in total. The van der Waals surface area contributed by atoms with Crippen molar-refractivity contribution in [3.63, 3.8) is 0 Å². The van der Waals surface area contributed by atoms with E-state index in [0.717, 1.165) is 12.1 Å². The fraction of sp³-hybridized carbons (Fsp3) is 0. The number of carbonyl (C=O) groups excluding carboxylic acids is 2. The quantitative estimate of drug-likeness (QED) is 0.617. The zero-order chi connectivity index (χ0) is 15.1. The Hall–Kier alpha value is -2.67. The van der Waals surface area contributed by atoms with Gasteiger partial charge in [-0.15, -0.1) is 0 Å². The van der Waals surface area contributed by atoms with Crippen molar-refractivity contribution in [1.29, 1.82) is 0 Å². The first kappa shape index (κ1) is 18.3. The van der Waals surface area contributed by atoms with Crippen molar-refractivity contribution >= 4 is 11.9 Å². The van der Waals surface area contributed by atoms with E-state index in [1.165, 1.54) is 24.5 Å². The summed E-state index contributed by atoms with van der Waals surface area (Å²) in [6.45, 7) is 0. The number of aromatic nitrogens is 2. The molecule has 2 rings (SSSR count). The molecule has 0 saturated heterocycles. The maximum atomic E-state index is 10.1. The fourth-order valence-electron chi connectivity index (χ4n) is 1.09. The summed E-state index contributed by atoms with van der Waals surface area (Å²) in [4.78, 5) is 27.0. The first-order valence-electron chi connectivity index (χ1n) is 5.13. The van der Waals surface area contributed by atoms with Gasteiger partial charge in [0.2, 0.25) is 11.8 Å². The number of hydrogen-bond acceptors (Lipinski definition) is 8. The third-order valence-electron chi connectivity index (χ3n) is 1.96. The van der Waals surface area contributed by atoms with Gasteiger partial charge in [-0.05, 0) is 12.1 Å². The molecule has 0 radical (unpaired) electrons. The largest absolute Gasteiger partial charge is 2.00 e. The van der Waals surface area contributed by atoms with Crippen molar-refractivity contribution in [3.8, 4) is 11.8 Å². The van der Waals surface area contributed by atoms with Crippen LogP contribution in [0, 0.1) is 0 Å². The second kappa shape index (κ2) is 8.49. The zero-order valence-corrected chi connectivity index (χ0v) is 11.2. The van der Waals surface area contributed by atoms with Gasteiger partial charge in [-0.1, -0.05) is 0 Å². The number of rotatable bonds is 2. The summed E-state index contributed by atoms with van der Waals surface area (Å²) in [6.07, 6.45) is 2.39. The smallest absolute Gasteiger partial charge is 0.545 e. The van der Waals surface area contributed by atoms with E-state index in [4.69, 9.17) is 10.2 Å². The van der Waals surface area contributed by atoms with E-state index in [1.807, 2.05) is 0 Å². The molecular formula is C12H8N2NiO6. The summed E-state index contributed by atoms with van der Waals surface area (Å²) in [5.41, 5.74) is -0.153. The third kappa shape index (κ3) is 6.35. The van der Waals surface area contributed by atoms with Crippen LogP contribution in [0.4, 0.5) is 0 Å². The average Bonchev–Trinajstić information content (AvgIpc) is 2.39. The fourth-order valence-corrected chi connectivity index (χ4v) is 1.09. The molecule has 21 heavy (non-hydrogen) atoms. The van der Waals surface area contributed by atoms with Gasteiger partial charge >= 0.3 is 16.5 Å².